The van der Waals surface area contributed by atoms with Gasteiger partial charge in [0.25, 0.3) is 10.0 Å². The molecule has 0 aliphatic rings. The Morgan fingerprint density at radius 2 is 1.67 bits per heavy atom. The van der Waals surface area contributed by atoms with Gasteiger partial charge in [-0.05, 0) is 35.9 Å². The van der Waals surface area contributed by atoms with E-state index in [9.17, 15) is 26.0 Å². The van der Waals surface area contributed by atoms with Gasteiger partial charge in [0.2, 0.25) is 0 Å². The lowest BCUT2D eigenvalue weighted by Gasteiger charge is -2.14. The molecule has 6 nitrogen and oxygen atoms in total. The fourth-order valence-electron chi connectivity index (χ4n) is 2.57. The number of aromatic nitrogens is 1. The molecule has 0 bridgehead atoms. The van der Waals surface area contributed by atoms with Crippen LogP contribution in [0.4, 0.5) is 23.2 Å². The molecule has 0 amide bonds. The lowest BCUT2D eigenvalue weighted by Crippen LogP contribution is -2.18. The van der Waals surface area contributed by atoms with Gasteiger partial charge in [0.1, 0.15) is 22.2 Å². The molecule has 0 fully saturated rings. The van der Waals surface area contributed by atoms with Gasteiger partial charge >= 0.3 is 6.36 Å². The van der Waals surface area contributed by atoms with Crippen LogP contribution in [0.5, 0.6) is 11.5 Å². The monoisotopic (exact) mass is 442 g/mol. The second kappa shape index (κ2) is 8.19. The van der Waals surface area contributed by atoms with Crippen LogP contribution in [0.15, 0.2) is 65.8 Å². The summed E-state index contributed by atoms with van der Waals surface area (Å²) in [6, 6.07) is 9.58. The van der Waals surface area contributed by atoms with E-state index in [4.69, 9.17) is 4.74 Å². The van der Waals surface area contributed by atoms with Gasteiger partial charge in [-0.25, -0.2) is 12.8 Å². The number of ether oxygens (including phenoxy) is 2. The van der Waals surface area contributed by atoms with E-state index < -0.39 is 32.8 Å². The van der Waals surface area contributed by atoms with Crippen molar-refractivity contribution in [2.24, 2.45) is 0 Å². The van der Waals surface area contributed by atoms with Gasteiger partial charge in [-0.2, -0.15) is 0 Å². The van der Waals surface area contributed by atoms with Crippen LogP contribution >= 0.6 is 0 Å². The third-order valence-electron chi connectivity index (χ3n) is 3.83. The highest BCUT2D eigenvalue weighted by atomic mass is 32.2. The molecule has 3 aromatic rings. The number of nitrogens with zero attached hydrogens (tertiary/aromatic N) is 1. The van der Waals surface area contributed by atoms with Crippen LogP contribution in [0.3, 0.4) is 0 Å². The normalized spacial score (nSPS) is 11.8. The molecule has 0 aliphatic carbocycles. The number of hydrogen-bond donors (Lipinski definition) is 1. The summed E-state index contributed by atoms with van der Waals surface area (Å²) in [5.41, 5.74) is 1.13. The third kappa shape index (κ3) is 5.17. The molecule has 3 rings (SSSR count). The Morgan fingerprint density at radius 1 is 0.967 bits per heavy atom. The van der Waals surface area contributed by atoms with Crippen LogP contribution in [-0.2, 0) is 10.0 Å². The number of anilines is 1. The molecule has 1 aromatic heterocycles. The van der Waals surface area contributed by atoms with Crippen molar-refractivity contribution in [3.63, 3.8) is 0 Å². The molecule has 0 saturated carbocycles. The Bertz CT molecular complexity index is 1150. The smallest absolute Gasteiger partial charge is 0.495 e. The minimum absolute atomic E-state index is 0.0426. The average molecular weight is 442 g/mol. The van der Waals surface area contributed by atoms with Gasteiger partial charge in [-0.3, -0.25) is 9.71 Å². The van der Waals surface area contributed by atoms with Crippen LogP contribution in [0, 0.1) is 5.82 Å². The van der Waals surface area contributed by atoms with Crippen LogP contribution in [0.2, 0.25) is 0 Å². The van der Waals surface area contributed by atoms with Crippen LogP contribution in [0.1, 0.15) is 0 Å². The lowest BCUT2D eigenvalue weighted by atomic mass is 10.1. The van der Waals surface area contributed by atoms with Crippen LogP contribution < -0.4 is 14.2 Å². The highest BCUT2D eigenvalue weighted by molar-refractivity contribution is 7.92. The van der Waals surface area contributed by atoms with Gasteiger partial charge in [0, 0.05) is 17.8 Å². The van der Waals surface area contributed by atoms with Gasteiger partial charge in [-0.15, -0.1) is 13.2 Å². The van der Waals surface area contributed by atoms with Gasteiger partial charge in [-0.1, -0.05) is 12.1 Å². The molecule has 11 heteroatoms. The van der Waals surface area contributed by atoms with E-state index >= 15 is 0 Å². The molecule has 1 heterocycles. The zero-order valence-corrected chi connectivity index (χ0v) is 16.1. The van der Waals surface area contributed by atoms with Crippen molar-refractivity contribution >= 4 is 15.7 Å². The first-order chi connectivity index (χ1) is 14.1. The van der Waals surface area contributed by atoms with Gasteiger partial charge in [0.15, 0.2) is 0 Å². The van der Waals surface area contributed by atoms with Crippen molar-refractivity contribution in [2.45, 2.75) is 11.3 Å². The fraction of sp³-hybridized carbons (Fsp3) is 0.105. The highest BCUT2D eigenvalue weighted by Gasteiger charge is 2.32. The zero-order chi connectivity index (χ0) is 21.9. The Kier molecular flexibility index (Phi) is 5.83. The minimum atomic E-state index is -4.99. The number of nitrogens with one attached hydrogen (secondary N) is 1. The van der Waals surface area contributed by atoms with Crippen molar-refractivity contribution in [3.8, 4) is 22.6 Å². The highest BCUT2D eigenvalue weighted by Crippen LogP contribution is 2.32. The first kappa shape index (κ1) is 21.4. The molecule has 0 saturated heterocycles. The first-order valence-electron chi connectivity index (χ1n) is 8.25. The van der Waals surface area contributed by atoms with E-state index in [0.717, 1.165) is 12.1 Å². The summed E-state index contributed by atoms with van der Waals surface area (Å²) in [7, 11) is -3.19. The quantitative estimate of drug-likeness (QED) is 0.565. The SMILES string of the molecule is COc1ccc(OC(F)(F)F)cc1S(=O)(=O)Nc1cncc(-c2ccc(F)cc2)c1. The molecule has 0 radical (unpaired) electrons. The molecule has 30 heavy (non-hydrogen) atoms. The number of benzene rings is 2. The standard InChI is InChI=1S/C19H14F4N2O4S/c1-28-17-7-6-16(29-19(21,22)23)9-18(17)30(26,27)25-15-8-13(10-24-11-15)12-2-4-14(20)5-3-12/h2-11,25H,1H3. The molecule has 0 aliphatic heterocycles. The van der Waals surface area contributed by atoms with E-state index in [1.165, 1.54) is 49.8 Å². The summed E-state index contributed by atoms with van der Waals surface area (Å²) in [5, 5.41) is 0. The van der Waals surface area contributed by atoms with E-state index in [-0.39, 0.29) is 11.4 Å². The molecular formula is C19H14F4N2O4S. The van der Waals surface area contributed by atoms with E-state index in [1.807, 2.05) is 0 Å². The van der Waals surface area contributed by atoms with Crippen LogP contribution in [-0.4, -0.2) is 26.9 Å². The first-order valence-corrected chi connectivity index (χ1v) is 9.73. The number of methoxy groups -OCH3 is 1. The second-order valence-electron chi connectivity index (χ2n) is 5.94. The fourth-order valence-corrected chi connectivity index (χ4v) is 3.79. The number of alkyl halides is 3. The Labute approximate surface area is 169 Å². The molecule has 158 valence electrons. The summed E-state index contributed by atoms with van der Waals surface area (Å²) in [5.74, 6) is -1.34. The summed E-state index contributed by atoms with van der Waals surface area (Å²) >= 11 is 0. The van der Waals surface area contributed by atoms with E-state index in [2.05, 4.69) is 14.4 Å². The largest absolute Gasteiger partial charge is 0.573 e. The summed E-state index contributed by atoms with van der Waals surface area (Å²) in [6.45, 7) is 0. The predicted molar refractivity (Wildman–Crippen MR) is 100 cm³/mol. The van der Waals surface area contributed by atoms with Crippen molar-refractivity contribution in [2.75, 3.05) is 11.8 Å². The average Bonchev–Trinajstić information content (AvgIpc) is 2.67. The molecule has 0 atom stereocenters. The topological polar surface area (TPSA) is 77.5 Å². The second-order valence-corrected chi connectivity index (χ2v) is 7.59. The maximum atomic E-state index is 13.1. The van der Waals surface area contributed by atoms with Crippen molar-refractivity contribution < 1.29 is 35.5 Å². The maximum absolute atomic E-state index is 13.1. The number of sulfonamides is 1. The third-order valence-corrected chi connectivity index (χ3v) is 5.23. The molecule has 2 aromatic carbocycles. The Balaban J connectivity index is 1.94. The summed E-state index contributed by atoms with van der Waals surface area (Å²) < 4.78 is 87.1. The van der Waals surface area contributed by atoms with Gasteiger partial charge in [0.05, 0.1) is 19.0 Å². The van der Waals surface area contributed by atoms with Crippen molar-refractivity contribution in [3.05, 3.63) is 66.7 Å². The maximum Gasteiger partial charge on any atom is 0.573 e. The lowest BCUT2D eigenvalue weighted by molar-refractivity contribution is -0.274. The van der Waals surface area contributed by atoms with Gasteiger partial charge < -0.3 is 9.47 Å². The Hall–Kier alpha value is -3.34. The van der Waals surface area contributed by atoms with E-state index in [1.54, 1.807) is 0 Å². The minimum Gasteiger partial charge on any atom is -0.495 e. The number of hydrogen-bond acceptors (Lipinski definition) is 5. The number of rotatable bonds is 6. The molecule has 0 spiro atoms. The Morgan fingerprint density at radius 3 is 2.30 bits per heavy atom. The van der Waals surface area contributed by atoms with Crippen LogP contribution in [0.25, 0.3) is 11.1 Å². The van der Waals surface area contributed by atoms with Crippen molar-refractivity contribution in [1.29, 1.82) is 0 Å². The molecule has 0 unspecified atom stereocenters. The zero-order valence-electron chi connectivity index (χ0n) is 15.3. The van der Waals surface area contributed by atoms with Crippen molar-refractivity contribution in [1.82, 2.24) is 4.98 Å². The summed E-state index contributed by atoms with van der Waals surface area (Å²) in [4.78, 5) is 3.39. The number of halogens is 4. The molecule has 1 N–H and O–H groups in total. The predicted octanol–water partition coefficient (Wildman–Crippen LogP) is 4.60. The number of pyridine rings is 1. The molecular weight excluding hydrogens is 428 g/mol. The summed E-state index contributed by atoms with van der Waals surface area (Å²) in [6.07, 6.45) is -2.33. The van der Waals surface area contributed by atoms with E-state index in [0.29, 0.717) is 17.2 Å².